The minimum Gasteiger partial charge on any atom is -0.464 e. The standard InChI is InChI=1S/C14H27NO3/c1-3-12-6-5-7-13(10-12)15-8-9-17-11-14(16)18-4-2/h12-13,15H,3-11H2,1-2H3. The van der Waals surface area contributed by atoms with Crippen LogP contribution in [0.4, 0.5) is 0 Å². The van der Waals surface area contributed by atoms with E-state index in [2.05, 4.69) is 12.2 Å². The van der Waals surface area contributed by atoms with E-state index in [1.165, 1.54) is 32.1 Å². The van der Waals surface area contributed by atoms with E-state index >= 15 is 0 Å². The SMILES string of the molecule is CCOC(=O)COCCNC1CCCC(CC)C1. The van der Waals surface area contributed by atoms with E-state index in [4.69, 9.17) is 9.47 Å². The van der Waals surface area contributed by atoms with Gasteiger partial charge in [-0.05, 0) is 25.7 Å². The van der Waals surface area contributed by atoms with Crippen molar-refractivity contribution in [3.63, 3.8) is 0 Å². The van der Waals surface area contributed by atoms with Crippen LogP contribution in [-0.2, 0) is 14.3 Å². The highest BCUT2D eigenvalue weighted by Crippen LogP contribution is 2.26. The zero-order chi connectivity index (χ0) is 13.2. The number of nitrogens with one attached hydrogen (secondary N) is 1. The third-order valence-corrected chi connectivity index (χ3v) is 3.56. The summed E-state index contributed by atoms with van der Waals surface area (Å²) in [5.74, 6) is 0.609. The molecular weight excluding hydrogens is 230 g/mol. The first-order chi connectivity index (χ1) is 8.76. The van der Waals surface area contributed by atoms with Gasteiger partial charge in [0.15, 0.2) is 0 Å². The Morgan fingerprint density at radius 1 is 1.33 bits per heavy atom. The number of hydrogen-bond acceptors (Lipinski definition) is 4. The van der Waals surface area contributed by atoms with Crippen molar-refractivity contribution < 1.29 is 14.3 Å². The fourth-order valence-electron chi connectivity index (χ4n) is 2.54. The number of rotatable bonds is 8. The first kappa shape index (κ1) is 15.4. The summed E-state index contributed by atoms with van der Waals surface area (Å²) in [7, 11) is 0. The van der Waals surface area contributed by atoms with E-state index in [1.807, 2.05) is 0 Å². The normalized spacial score (nSPS) is 23.9. The van der Waals surface area contributed by atoms with Crippen LogP contribution in [0, 0.1) is 5.92 Å². The van der Waals surface area contributed by atoms with Crippen LogP contribution in [0.5, 0.6) is 0 Å². The van der Waals surface area contributed by atoms with Crippen molar-refractivity contribution >= 4 is 5.97 Å². The highest BCUT2D eigenvalue weighted by Gasteiger charge is 2.19. The molecule has 0 aliphatic heterocycles. The molecule has 2 unspecified atom stereocenters. The van der Waals surface area contributed by atoms with Gasteiger partial charge in [-0.25, -0.2) is 4.79 Å². The maximum absolute atomic E-state index is 11.0. The third-order valence-electron chi connectivity index (χ3n) is 3.56. The molecule has 1 aliphatic rings. The lowest BCUT2D eigenvalue weighted by molar-refractivity contribution is -0.148. The maximum Gasteiger partial charge on any atom is 0.332 e. The van der Waals surface area contributed by atoms with Gasteiger partial charge in [0, 0.05) is 12.6 Å². The lowest BCUT2D eigenvalue weighted by atomic mass is 9.84. The Morgan fingerprint density at radius 3 is 2.89 bits per heavy atom. The van der Waals surface area contributed by atoms with E-state index < -0.39 is 0 Å². The van der Waals surface area contributed by atoms with Crippen LogP contribution in [0.15, 0.2) is 0 Å². The van der Waals surface area contributed by atoms with Gasteiger partial charge in [-0.3, -0.25) is 0 Å². The highest BCUT2D eigenvalue weighted by atomic mass is 16.6. The molecule has 4 heteroatoms. The molecule has 0 aromatic heterocycles. The molecule has 0 bridgehead atoms. The van der Waals surface area contributed by atoms with Crippen molar-refractivity contribution in [3.05, 3.63) is 0 Å². The number of esters is 1. The number of ether oxygens (including phenoxy) is 2. The summed E-state index contributed by atoms with van der Waals surface area (Å²) in [4.78, 5) is 11.0. The summed E-state index contributed by atoms with van der Waals surface area (Å²) in [5.41, 5.74) is 0. The summed E-state index contributed by atoms with van der Waals surface area (Å²) in [5, 5.41) is 3.51. The first-order valence-electron chi connectivity index (χ1n) is 7.23. The number of hydrogen-bond donors (Lipinski definition) is 1. The van der Waals surface area contributed by atoms with Crippen molar-refractivity contribution in [2.24, 2.45) is 5.92 Å². The molecule has 0 amide bonds. The molecule has 0 radical (unpaired) electrons. The fraction of sp³-hybridized carbons (Fsp3) is 0.929. The van der Waals surface area contributed by atoms with Gasteiger partial charge in [-0.1, -0.05) is 26.2 Å². The summed E-state index contributed by atoms with van der Waals surface area (Å²) >= 11 is 0. The lowest BCUT2D eigenvalue weighted by Gasteiger charge is -2.29. The predicted octanol–water partition coefficient (Wildman–Crippen LogP) is 2.12. The molecule has 4 nitrogen and oxygen atoms in total. The average Bonchev–Trinajstić information content (AvgIpc) is 2.39. The van der Waals surface area contributed by atoms with Crippen molar-refractivity contribution in [2.75, 3.05) is 26.4 Å². The summed E-state index contributed by atoms with van der Waals surface area (Å²) in [6.45, 7) is 5.95. The zero-order valence-corrected chi connectivity index (χ0v) is 11.7. The predicted molar refractivity (Wildman–Crippen MR) is 71.5 cm³/mol. The lowest BCUT2D eigenvalue weighted by Crippen LogP contribution is -2.36. The van der Waals surface area contributed by atoms with Gasteiger partial charge in [0.2, 0.25) is 0 Å². The van der Waals surface area contributed by atoms with E-state index in [0.717, 1.165) is 12.5 Å². The van der Waals surface area contributed by atoms with Crippen LogP contribution in [-0.4, -0.2) is 38.4 Å². The smallest absolute Gasteiger partial charge is 0.332 e. The molecule has 0 aromatic carbocycles. The molecule has 0 saturated heterocycles. The number of carbonyl (C=O) groups is 1. The van der Waals surface area contributed by atoms with E-state index in [1.54, 1.807) is 6.92 Å². The second-order valence-corrected chi connectivity index (χ2v) is 4.95. The molecule has 18 heavy (non-hydrogen) atoms. The van der Waals surface area contributed by atoms with Gasteiger partial charge in [-0.2, -0.15) is 0 Å². The van der Waals surface area contributed by atoms with Crippen molar-refractivity contribution in [3.8, 4) is 0 Å². The largest absolute Gasteiger partial charge is 0.464 e. The van der Waals surface area contributed by atoms with Crippen LogP contribution < -0.4 is 5.32 Å². The Balaban J connectivity index is 1.98. The molecule has 0 aromatic rings. The molecule has 1 N–H and O–H groups in total. The quantitative estimate of drug-likeness (QED) is 0.534. The van der Waals surface area contributed by atoms with E-state index in [9.17, 15) is 4.79 Å². The maximum atomic E-state index is 11.0. The Kier molecular flexibility index (Phi) is 8.01. The Bertz CT molecular complexity index is 233. The minimum atomic E-state index is -0.277. The minimum absolute atomic E-state index is 0.0672. The van der Waals surface area contributed by atoms with Gasteiger partial charge in [-0.15, -0.1) is 0 Å². The summed E-state index contributed by atoms with van der Waals surface area (Å²) in [6.07, 6.45) is 6.56. The van der Waals surface area contributed by atoms with Crippen LogP contribution in [0.3, 0.4) is 0 Å². The van der Waals surface area contributed by atoms with Crippen molar-refractivity contribution in [1.29, 1.82) is 0 Å². The fourth-order valence-corrected chi connectivity index (χ4v) is 2.54. The monoisotopic (exact) mass is 257 g/mol. The van der Waals surface area contributed by atoms with Crippen LogP contribution >= 0.6 is 0 Å². The number of carbonyl (C=O) groups excluding carboxylic acids is 1. The molecule has 1 aliphatic carbocycles. The summed E-state index contributed by atoms with van der Waals surface area (Å²) in [6, 6.07) is 0.634. The molecule has 1 saturated carbocycles. The molecular formula is C14H27NO3. The van der Waals surface area contributed by atoms with Crippen LogP contribution in [0.25, 0.3) is 0 Å². The van der Waals surface area contributed by atoms with Crippen LogP contribution in [0.1, 0.15) is 46.0 Å². The second-order valence-electron chi connectivity index (χ2n) is 4.95. The molecule has 1 fully saturated rings. The Labute approximate surface area is 110 Å². The zero-order valence-electron chi connectivity index (χ0n) is 11.7. The third kappa shape index (κ3) is 6.36. The Hall–Kier alpha value is -0.610. The van der Waals surface area contributed by atoms with Crippen molar-refractivity contribution in [1.82, 2.24) is 5.32 Å². The average molecular weight is 257 g/mol. The molecule has 0 spiro atoms. The topological polar surface area (TPSA) is 47.6 Å². The van der Waals surface area contributed by atoms with Gasteiger partial charge in [0.1, 0.15) is 6.61 Å². The second kappa shape index (κ2) is 9.34. The molecule has 0 heterocycles. The molecule has 106 valence electrons. The van der Waals surface area contributed by atoms with Crippen molar-refractivity contribution in [2.45, 2.75) is 52.0 Å². The van der Waals surface area contributed by atoms with Crippen LogP contribution in [0.2, 0.25) is 0 Å². The van der Waals surface area contributed by atoms with E-state index in [0.29, 0.717) is 19.3 Å². The first-order valence-corrected chi connectivity index (χ1v) is 7.23. The highest BCUT2D eigenvalue weighted by molar-refractivity contribution is 5.70. The van der Waals surface area contributed by atoms with E-state index in [-0.39, 0.29) is 12.6 Å². The van der Waals surface area contributed by atoms with Gasteiger partial charge in [0.25, 0.3) is 0 Å². The van der Waals surface area contributed by atoms with Gasteiger partial charge >= 0.3 is 5.97 Å². The molecule has 2 atom stereocenters. The summed E-state index contributed by atoms with van der Waals surface area (Å²) < 4.78 is 10.0. The molecule has 1 rings (SSSR count). The Morgan fingerprint density at radius 2 is 2.17 bits per heavy atom. The van der Waals surface area contributed by atoms with Gasteiger partial charge < -0.3 is 14.8 Å². The van der Waals surface area contributed by atoms with Gasteiger partial charge in [0.05, 0.1) is 13.2 Å².